The summed E-state index contributed by atoms with van der Waals surface area (Å²) in [7, 11) is -1.52. The van der Waals surface area contributed by atoms with Crippen molar-refractivity contribution in [3.05, 3.63) is 40.4 Å². The van der Waals surface area contributed by atoms with E-state index in [1.54, 1.807) is 18.3 Å². The molecule has 3 aliphatic carbocycles. The fourth-order valence-electron chi connectivity index (χ4n) is 6.98. The zero-order chi connectivity index (χ0) is 23.3. The first-order chi connectivity index (χ1) is 15.7. The van der Waals surface area contributed by atoms with Crippen molar-refractivity contribution >= 4 is 40.7 Å². The van der Waals surface area contributed by atoms with E-state index in [-0.39, 0.29) is 28.9 Å². The van der Waals surface area contributed by atoms with E-state index < -0.39 is 7.12 Å². The number of benzene rings is 1. The number of aryl methyl sites for hydroxylation is 1. The molecule has 3 N–H and O–H groups in total. The smallest absolute Gasteiger partial charge is 0.423 e. The maximum absolute atomic E-state index is 13.5. The summed E-state index contributed by atoms with van der Waals surface area (Å²) in [5.41, 5.74) is 2.75. The van der Waals surface area contributed by atoms with E-state index in [2.05, 4.69) is 17.2 Å². The Balaban J connectivity index is 1.34. The van der Waals surface area contributed by atoms with Gasteiger partial charge in [-0.15, -0.1) is 11.3 Å². The van der Waals surface area contributed by atoms with E-state index >= 15 is 0 Å². The van der Waals surface area contributed by atoms with Crippen LogP contribution in [0.3, 0.4) is 0 Å². The summed E-state index contributed by atoms with van der Waals surface area (Å²) in [5, 5.41) is 22.7. The molecule has 8 heteroatoms. The second-order valence-corrected chi connectivity index (χ2v) is 11.7. The van der Waals surface area contributed by atoms with Crippen LogP contribution in [0, 0.1) is 30.1 Å². The first-order valence-electron chi connectivity index (χ1n) is 12.0. The molecule has 1 amide bonds. The van der Waals surface area contributed by atoms with E-state index in [9.17, 15) is 19.6 Å². The zero-order valence-electron chi connectivity index (χ0n) is 19.2. The third-order valence-electron chi connectivity index (χ3n) is 8.46. The topological polar surface area (TPSA) is 99.5 Å². The molecule has 174 valence electrons. The molecule has 2 saturated carbocycles. The minimum Gasteiger partial charge on any atom is -0.423 e. The van der Waals surface area contributed by atoms with Gasteiger partial charge in [0.25, 0.3) is 0 Å². The van der Waals surface area contributed by atoms with Gasteiger partial charge in [0.15, 0.2) is 5.13 Å². The Labute approximate surface area is 199 Å². The van der Waals surface area contributed by atoms with E-state index in [4.69, 9.17) is 0 Å². The van der Waals surface area contributed by atoms with Crippen molar-refractivity contribution in [3.8, 4) is 0 Å². The van der Waals surface area contributed by atoms with Gasteiger partial charge < -0.3 is 15.4 Å². The Hall–Kier alpha value is -2.03. The molecule has 5 rings (SSSR count). The highest BCUT2D eigenvalue weighted by Crippen LogP contribution is 2.62. The first kappa shape index (κ1) is 22.8. The molecule has 5 atom stereocenters. The van der Waals surface area contributed by atoms with Gasteiger partial charge in [0.2, 0.25) is 5.91 Å². The van der Waals surface area contributed by atoms with E-state index in [1.807, 2.05) is 13.0 Å². The lowest BCUT2D eigenvalue weighted by Crippen LogP contribution is -2.47. The number of nitrogens with one attached hydrogen (secondary N) is 1. The second kappa shape index (κ2) is 8.64. The van der Waals surface area contributed by atoms with Crippen LogP contribution < -0.4 is 10.8 Å². The molecule has 1 heterocycles. The van der Waals surface area contributed by atoms with Crippen molar-refractivity contribution in [2.45, 2.75) is 64.7 Å². The standard InChI is InChI=1S/C25H31BN2O4S/c1-14-13-27-24(33-14)28-21(30)6-3-15-7-9-25(2)10-8-19-18-5-4-17(26(31)32)11-16(18)12-20(29)22(19)23(15)25/h4-5,11,13,15,19,22-23,31-32H,3,6-10,12H2,1-2H3,(H,27,28,30)/t15-,19+,22-,23-,25-/m0/s1. The lowest BCUT2D eigenvalue weighted by molar-refractivity contribution is -0.130. The number of carbonyl (C=O) groups is 2. The molecular weight excluding hydrogens is 435 g/mol. The molecule has 0 aliphatic heterocycles. The lowest BCUT2D eigenvalue weighted by atomic mass is 9.53. The summed E-state index contributed by atoms with van der Waals surface area (Å²) < 4.78 is 0. The van der Waals surface area contributed by atoms with Crippen LogP contribution in [-0.4, -0.2) is 33.8 Å². The fraction of sp³-hybridized carbons (Fsp3) is 0.560. The van der Waals surface area contributed by atoms with Crippen LogP contribution in [0.25, 0.3) is 0 Å². The first-order valence-corrected chi connectivity index (χ1v) is 12.8. The number of rotatable bonds is 5. The molecule has 0 radical (unpaired) electrons. The number of nitrogens with zero attached hydrogens (tertiary/aromatic N) is 1. The van der Waals surface area contributed by atoms with Crippen LogP contribution in [0.2, 0.25) is 0 Å². The van der Waals surface area contributed by atoms with Crippen molar-refractivity contribution in [1.29, 1.82) is 0 Å². The van der Waals surface area contributed by atoms with Crippen molar-refractivity contribution in [2.24, 2.45) is 23.2 Å². The molecule has 0 bridgehead atoms. The third-order valence-corrected chi connectivity index (χ3v) is 9.28. The minimum absolute atomic E-state index is 0.000666. The average molecular weight is 466 g/mol. The predicted molar refractivity (Wildman–Crippen MR) is 129 cm³/mol. The van der Waals surface area contributed by atoms with Gasteiger partial charge in [-0.05, 0) is 78.8 Å². The zero-order valence-corrected chi connectivity index (χ0v) is 20.0. The highest BCUT2D eigenvalue weighted by Gasteiger charge is 2.56. The van der Waals surface area contributed by atoms with E-state index in [0.717, 1.165) is 42.5 Å². The van der Waals surface area contributed by atoms with Gasteiger partial charge in [0.05, 0.1) is 0 Å². The fourth-order valence-corrected chi connectivity index (χ4v) is 7.66. The van der Waals surface area contributed by atoms with Crippen molar-refractivity contribution in [2.75, 3.05) is 5.32 Å². The minimum atomic E-state index is -1.52. The van der Waals surface area contributed by atoms with Crippen LogP contribution in [0.1, 0.15) is 67.4 Å². The molecule has 3 aliphatic rings. The van der Waals surface area contributed by atoms with Crippen LogP contribution in [-0.2, 0) is 16.0 Å². The SMILES string of the molecule is Cc1cnc(NC(=O)CC[C@H]2CC[C@@]3(C)CC[C@@H]4c5ccc(B(O)O)cc5CC(=O)[C@H]4[C@H]23)s1. The predicted octanol–water partition coefficient (Wildman–Crippen LogP) is 3.20. The summed E-state index contributed by atoms with van der Waals surface area (Å²) in [4.78, 5) is 31.3. The van der Waals surface area contributed by atoms with Crippen molar-refractivity contribution < 1.29 is 19.6 Å². The number of Topliss-reactive ketones (excluding diaryl/α,β-unsaturated/α-hetero) is 1. The number of fused-ring (bicyclic) bond motifs is 5. The lowest BCUT2D eigenvalue weighted by Gasteiger charge is -2.50. The van der Waals surface area contributed by atoms with E-state index in [0.29, 0.717) is 35.3 Å². The monoisotopic (exact) mass is 466 g/mol. The number of thiazole rings is 1. The van der Waals surface area contributed by atoms with Crippen molar-refractivity contribution in [3.63, 3.8) is 0 Å². The molecular formula is C25H31BN2O4S. The number of hydrogen-bond donors (Lipinski definition) is 3. The molecule has 33 heavy (non-hydrogen) atoms. The van der Waals surface area contributed by atoms with Gasteiger partial charge >= 0.3 is 7.12 Å². The summed E-state index contributed by atoms with van der Waals surface area (Å²) in [6, 6.07) is 5.57. The summed E-state index contributed by atoms with van der Waals surface area (Å²) in [6.07, 6.45) is 7.66. The average Bonchev–Trinajstić information content (AvgIpc) is 3.33. The van der Waals surface area contributed by atoms with Gasteiger partial charge in [-0.1, -0.05) is 25.1 Å². The molecule has 1 aromatic carbocycles. The highest BCUT2D eigenvalue weighted by molar-refractivity contribution is 7.15. The number of aromatic nitrogens is 1. The Morgan fingerprint density at radius 1 is 1.30 bits per heavy atom. The van der Waals surface area contributed by atoms with Crippen LogP contribution in [0.15, 0.2) is 24.4 Å². The van der Waals surface area contributed by atoms with Gasteiger partial charge in [-0.25, -0.2) is 4.98 Å². The number of amides is 1. The molecule has 2 fully saturated rings. The molecule has 6 nitrogen and oxygen atoms in total. The number of ketones is 1. The molecule has 1 aromatic heterocycles. The van der Waals surface area contributed by atoms with Gasteiger partial charge in [-0.3, -0.25) is 9.59 Å². The van der Waals surface area contributed by atoms with Crippen LogP contribution in [0.4, 0.5) is 5.13 Å². The Morgan fingerprint density at radius 2 is 2.09 bits per heavy atom. The maximum Gasteiger partial charge on any atom is 0.488 e. The second-order valence-electron chi connectivity index (χ2n) is 10.5. The summed E-state index contributed by atoms with van der Waals surface area (Å²) in [6.45, 7) is 4.32. The highest BCUT2D eigenvalue weighted by atomic mass is 32.1. The largest absolute Gasteiger partial charge is 0.488 e. The number of carbonyl (C=O) groups excluding carboxylic acids is 2. The van der Waals surface area contributed by atoms with E-state index in [1.165, 1.54) is 16.9 Å². The van der Waals surface area contributed by atoms with Crippen molar-refractivity contribution in [1.82, 2.24) is 4.98 Å². The van der Waals surface area contributed by atoms with Crippen LogP contribution >= 0.6 is 11.3 Å². The summed E-state index contributed by atoms with van der Waals surface area (Å²) in [5.74, 6) is 1.14. The Kier molecular flexibility index (Phi) is 5.96. The molecule has 0 saturated heterocycles. The van der Waals surface area contributed by atoms with Gasteiger partial charge in [-0.2, -0.15) is 0 Å². The normalized spacial score (nSPS) is 30.4. The molecule has 0 spiro atoms. The van der Waals surface area contributed by atoms with Gasteiger partial charge in [0, 0.05) is 29.8 Å². The molecule has 0 unspecified atom stereocenters. The molecule has 2 aromatic rings. The summed E-state index contributed by atoms with van der Waals surface area (Å²) >= 11 is 1.48. The quantitative estimate of drug-likeness (QED) is 0.588. The van der Waals surface area contributed by atoms with Crippen LogP contribution in [0.5, 0.6) is 0 Å². The maximum atomic E-state index is 13.5. The third kappa shape index (κ3) is 4.17. The van der Waals surface area contributed by atoms with Gasteiger partial charge in [0.1, 0.15) is 5.78 Å². The Bertz CT molecular complexity index is 1090. The Morgan fingerprint density at radius 3 is 2.82 bits per heavy atom. The number of hydrogen-bond acceptors (Lipinski definition) is 6. The number of anilines is 1.